The topological polar surface area (TPSA) is 72.2 Å². The first-order chi connectivity index (χ1) is 14.2. The van der Waals surface area contributed by atoms with Crippen LogP contribution in [0.2, 0.25) is 5.02 Å². The number of anilines is 2. The monoisotopic (exact) mass is 429 g/mol. The van der Waals surface area contributed by atoms with E-state index in [0.29, 0.717) is 6.61 Å². The van der Waals surface area contributed by atoms with E-state index in [-0.39, 0.29) is 0 Å². The van der Waals surface area contributed by atoms with Crippen LogP contribution < -0.4 is 9.80 Å². The van der Waals surface area contributed by atoms with Crippen LogP contribution in [-0.2, 0) is 11.3 Å². The molecule has 0 amide bonds. The van der Waals surface area contributed by atoms with Gasteiger partial charge in [-0.3, -0.25) is 0 Å². The van der Waals surface area contributed by atoms with E-state index in [1.54, 1.807) is 24.8 Å². The third-order valence-electron chi connectivity index (χ3n) is 5.11. The van der Waals surface area contributed by atoms with Crippen molar-refractivity contribution >= 4 is 55.3 Å². The fraction of sp³-hybridized carbons (Fsp3) is 0.368. The number of halogens is 1. The van der Waals surface area contributed by atoms with Crippen molar-refractivity contribution in [3.63, 3.8) is 0 Å². The molecule has 0 bridgehead atoms. The maximum absolute atomic E-state index is 6.11. The Labute approximate surface area is 176 Å². The molecule has 1 aliphatic rings. The van der Waals surface area contributed by atoms with Gasteiger partial charge in [-0.1, -0.05) is 22.9 Å². The molecule has 1 fully saturated rings. The summed E-state index contributed by atoms with van der Waals surface area (Å²) in [6.45, 7) is 4.81. The first-order valence-corrected chi connectivity index (χ1v) is 10.6. The third kappa shape index (κ3) is 3.50. The number of thiazole rings is 1. The Balaban J connectivity index is 1.34. The van der Waals surface area contributed by atoms with Crippen molar-refractivity contribution < 1.29 is 4.74 Å². The van der Waals surface area contributed by atoms with Crippen LogP contribution in [0.1, 0.15) is 0 Å². The first kappa shape index (κ1) is 18.5. The van der Waals surface area contributed by atoms with Crippen LogP contribution in [0.25, 0.3) is 21.4 Å². The zero-order chi connectivity index (χ0) is 19.8. The fourth-order valence-electron chi connectivity index (χ4n) is 3.58. The van der Waals surface area contributed by atoms with E-state index in [2.05, 4.69) is 24.8 Å². The van der Waals surface area contributed by atoms with Gasteiger partial charge in [-0.25, -0.2) is 19.9 Å². The van der Waals surface area contributed by atoms with Gasteiger partial charge in [0.2, 0.25) is 0 Å². The Morgan fingerprint density at radius 3 is 2.76 bits per heavy atom. The lowest BCUT2D eigenvalue weighted by atomic mass is 10.3. The zero-order valence-corrected chi connectivity index (χ0v) is 17.5. The van der Waals surface area contributed by atoms with Gasteiger partial charge in [-0.05, 0) is 18.2 Å². The Kier molecular flexibility index (Phi) is 4.94. The van der Waals surface area contributed by atoms with Crippen LogP contribution in [0.15, 0.2) is 30.9 Å². The number of ether oxygens (including phenoxy) is 1. The molecule has 4 aromatic rings. The van der Waals surface area contributed by atoms with Gasteiger partial charge in [0, 0.05) is 44.9 Å². The van der Waals surface area contributed by atoms with Crippen LogP contribution >= 0.6 is 22.9 Å². The summed E-state index contributed by atoms with van der Waals surface area (Å²) < 4.78 is 8.30. The maximum atomic E-state index is 6.11. The molecular weight excluding hydrogens is 410 g/mol. The molecule has 0 aliphatic carbocycles. The van der Waals surface area contributed by atoms with E-state index >= 15 is 0 Å². The van der Waals surface area contributed by atoms with E-state index in [1.807, 2.05) is 29.1 Å². The lowest BCUT2D eigenvalue weighted by molar-refractivity contribution is 0.188. The number of hydrogen-bond donors (Lipinski definition) is 0. The third-order valence-corrected chi connectivity index (χ3v) is 6.42. The number of nitrogens with zero attached hydrogens (tertiary/aromatic N) is 7. The minimum Gasteiger partial charge on any atom is -0.383 e. The number of hydrogen-bond acceptors (Lipinski definition) is 8. The van der Waals surface area contributed by atoms with Gasteiger partial charge < -0.3 is 19.1 Å². The first-order valence-electron chi connectivity index (χ1n) is 9.43. The van der Waals surface area contributed by atoms with Crippen molar-refractivity contribution in [3.8, 4) is 0 Å². The highest BCUT2D eigenvalue weighted by Gasteiger charge is 2.23. The van der Waals surface area contributed by atoms with Gasteiger partial charge in [0.1, 0.15) is 6.33 Å². The van der Waals surface area contributed by atoms with Crippen molar-refractivity contribution in [2.75, 3.05) is 49.7 Å². The van der Waals surface area contributed by atoms with Gasteiger partial charge in [0.15, 0.2) is 22.1 Å². The molecule has 0 spiro atoms. The average Bonchev–Trinajstić information content (AvgIpc) is 3.36. The van der Waals surface area contributed by atoms with E-state index < -0.39 is 0 Å². The number of piperazine rings is 1. The molecule has 150 valence electrons. The highest BCUT2D eigenvalue weighted by atomic mass is 35.5. The largest absolute Gasteiger partial charge is 0.383 e. The minimum absolute atomic E-state index is 0.622. The van der Waals surface area contributed by atoms with Crippen molar-refractivity contribution in [2.24, 2.45) is 0 Å². The summed E-state index contributed by atoms with van der Waals surface area (Å²) in [5, 5.41) is 1.79. The Hall–Kier alpha value is -2.49. The normalized spacial score (nSPS) is 15.0. The summed E-state index contributed by atoms with van der Waals surface area (Å²) in [5.74, 6) is 0.891. The highest BCUT2D eigenvalue weighted by molar-refractivity contribution is 7.22. The van der Waals surface area contributed by atoms with E-state index in [9.17, 15) is 0 Å². The number of imidazole rings is 1. The van der Waals surface area contributed by atoms with E-state index in [4.69, 9.17) is 21.3 Å². The van der Waals surface area contributed by atoms with Gasteiger partial charge in [-0.15, -0.1) is 0 Å². The molecule has 29 heavy (non-hydrogen) atoms. The molecule has 1 saturated heterocycles. The van der Waals surface area contributed by atoms with E-state index in [1.165, 1.54) is 0 Å². The van der Waals surface area contributed by atoms with Gasteiger partial charge in [0.05, 0.1) is 23.2 Å². The van der Waals surface area contributed by atoms with Crippen molar-refractivity contribution in [1.29, 1.82) is 0 Å². The number of rotatable bonds is 5. The second-order valence-corrected chi connectivity index (χ2v) is 8.33. The summed E-state index contributed by atoms with van der Waals surface area (Å²) in [7, 11) is 1.69. The molecule has 0 radical (unpaired) electrons. The summed E-state index contributed by atoms with van der Waals surface area (Å²) in [6, 6.07) is 5.84. The second kappa shape index (κ2) is 7.74. The summed E-state index contributed by atoms with van der Waals surface area (Å²) in [6.07, 6.45) is 3.43. The SMILES string of the molecule is COCCn1cnc2c(N3CCN(c4nc5ccc(Cl)cc5s4)CC3)ncnc21. The van der Waals surface area contributed by atoms with Crippen molar-refractivity contribution in [1.82, 2.24) is 24.5 Å². The second-order valence-electron chi connectivity index (χ2n) is 6.88. The number of methoxy groups -OCH3 is 1. The molecule has 4 heterocycles. The lowest BCUT2D eigenvalue weighted by Crippen LogP contribution is -2.46. The standard InChI is InChI=1S/C19H20ClN7OS/c1-28-9-8-27-12-23-16-17(21-11-22-18(16)27)25-4-6-26(7-5-25)19-24-14-3-2-13(20)10-15(14)29-19/h2-3,10-12H,4-9H2,1H3. The van der Waals surface area contributed by atoms with Crippen molar-refractivity contribution in [3.05, 3.63) is 35.9 Å². The van der Waals surface area contributed by atoms with Crippen LogP contribution in [0.3, 0.4) is 0 Å². The predicted molar refractivity (Wildman–Crippen MR) is 116 cm³/mol. The average molecular weight is 430 g/mol. The van der Waals surface area contributed by atoms with Crippen LogP contribution in [0, 0.1) is 0 Å². The maximum Gasteiger partial charge on any atom is 0.186 e. The molecule has 1 aromatic carbocycles. The smallest absolute Gasteiger partial charge is 0.186 e. The fourth-order valence-corrected chi connectivity index (χ4v) is 4.88. The van der Waals surface area contributed by atoms with Gasteiger partial charge in [0.25, 0.3) is 0 Å². The molecule has 0 N–H and O–H groups in total. The zero-order valence-electron chi connectivity index (χ0n) is 16.0. The molecule has 0 unspecified atom stereocenters. The molecule has 8 nitrogen and oxygen atoms in total. The molecule has 1 aliphatic heterocycles. The Bertz CT molecular complexity index is 1150. The summed E-state index contributed by atoms with van der Waals surface area (Å²) >= 11 is 7.80. The number of aromatic nitrogens is 5. The van der Waals surface area contributed by atoms with Gasteiger partial charge in [-0.2, -0.15) is 0 Å². The Morgan fingerprint density at radius 1 is 1.10 bits per heavy atom. The summed E-state index contributed by atoms with van der Waals surface area (Å²) in [4.78, 5) is 22.9. The van der Waals surface area contributed by atoms with Gasteiger partial charge >= 0.3 is 0 Å². The van der Waals surface area contributed by atoms with Crippen LogP contribution in [-0.4, -0.2) is 64.4 Å². The number of fused-ring (bicyclic) bond motifs is 2. The molecular formula is C19H20ClN7OS. The molecule has 0 atom stereocenters. The van der Waals surface area contributed by atoms with Crippen LogP contribution in [0.4, 0.5) is 10.9 Å². The lowest BCUT2D eigenvalue weighted by Gasteiger charge is -2.35. The molecule has 3 aromatic heterocycles. The minimum atomic E-state index is 0.622. The quantitative estimate of drug-likeness (QED) is 0.482. The number of benzene rings is 1. The van der Waals surface area contributed by atoms with E-state index in [0.717, 1.165) is 70.1 Å². The Morgan fingerprint density at radius 2 is 1.93 bits per heavy atom. The van der Waals surface area contributed by atoms with Crippen molar-refractivity contribution in [2.45, 2.75) is 6.54 Å². The molecule has 5 rings (SSSR count). The van der Waals surface area contributed by atoms with Crippen LogP contribution in [0.5, 0.6) is 0 Å². The summed E-state index contributed by atoms with van der Waals surface area (Å²) in [5.41, 5.74) is 2.68. The molecule has 10 heteroatoms. The predicted octanol–water partition coefficient (Wildman–Crippen LogP) is 3.06. The highest BCUT2D eigenvalue weighted by Crippen LogP contribution is 2.32. The molecule has 0 saturated carbocycles.